The third-order valence-corrected chi connectivity index (χ3v) is 4.92. The van der Waals surface area contributed by atoms with Crippen molar-refractivity contribution in [2.75, 3.05) is 38.3 Å². The van der Waals surface area contributed by atoms with Crippen LogP contribution in [0.25, 0.3) is 0 Å². The Morgan fingerprint density at radius 2 is 1.88 bits per heavy atom. The molecular weight excluding hydrogens is 330 g/mol. The third kappa shape index (κ3) is 4.35. The Bertz CT molecular complexity index is 693. The van der Waals surface area contributed by atoms with E-state index < -0.39 is 0 Å². The Morgan fingerprint density at radius 1 is 1.04 bits per heavy atom. The fraction of sp³-hybridized carbons (Fsp3) is 0.526. The summed E-state index contributed by atoms with van der Waals surface area (Å²) in [5.74, 6) is 1.70. The molecule has 0 radical (unpaired) electrons. The van der Waals surface area contributed by atoms with Gasteiger partial charge in [0.25, 0.3) is 0 Å². The highest BCUT2D eigenvalue weighted by Crippen LogP contribution is 2.24. The highest BCUT2D eigenvalue weighted by atomic mass is 16.5. The van der Waals surface area contributed by atoms with E-state index in [1.165, 1.54) is 5.56 Å². The lowest BCUT2D eigenvalue weighted by Gasteiger charge is -2.34. The monoisotopic (exact) mass is 355 g/mol. The number of pyridine rings is 1. The van der Waals surface area contributed by atoms with E-state index in [0.717, 1.165) is 57.4 Å². The van der Waals surface area contributed by atoms with Crippen molar-refractivity contribution < 1.29 is 9.47 Å². The van der Waals surface area contributed by atoms with E-state index in [1.54, 1.807) is 0 Å². The minimum Gasteiger partial charge on any atom is -0.381 e. The van der Waals surface area contributed by atoms with Gasteiger partial charge in [-0.25, -0.2) is 9.97 Å². The molecule has 1 unspecified atom stereocenters. The van der Waals surface area contributed by atoms with Crippen molar-refractivity contribution in [3.8, 4) is 0 Å². The Morgan fingerprint density at radius 3 is 2.73 bits per heavy atom. The average molecular weight is 355 g/mol. The summed E-state index contributed by atoms with van der Waals surface area (Å²) in [6.07, 6.45) is 7.53. The van der Waals surface area contributed by atoms with Crippen molar-refractivity contribution in [1.82, 2.24) is 19.9 Å². The van der Waals surface area contributed by atoms with Crippen LogP contribution in [0.15, 0.2) is 36.8 Å². The first-order chi connectivity index (χ1) is 12.9. The van der Waals surface area contributed by atoms with Gasteiger partial charge in [0.05, 0.1) is 19.3 Å². The van der Waals surface area contributed by atoms with Crippen LogP contribution in [0.5, 0.6) is 0 Å². The van der Waals surface area contributed by atoms with Crippen LogP contribution in [0.2, 0.25) is 0 Å². The molecule has 2 fully saturated rings. The molecule has 0 amide bonds. The number of anilines is 1. The number of aromatic nitrogens is 3. The predicted molar refractivity (Wildman–Crippen MR) is 97.7 cm³/mol. The van der Waals surface area contributed by atoms with Gasteiger partial charge in [0.1, 0.15) is 11.6 Å². The van der Waals surface area contributed by atoms with Gasteiger partial charge in [-0.05, 0) is 36.6 Å². The number of hydrogen-bond donors (Lipinski definition) is 1. The summed E-state index contributed by atoms with van der Waals surface area (Å²) in [6, 6.07) is 6.53. The normalized spacial score (nSPS) is 22.2. The van der Waals surface area contributed by atoms with Gasteiger partial charge in [-0.2, -0.15) is 0 Å². The minimum absolute atomic E-state index is 0.0633. The van der Waals surface area contributed by atoms with E-state index in [1.807, 2.05) is 24.7 Å². The molecule has 1 N–H and O–H groups in total. The first-order valence-electron chi connectivity index (χ1n) is 9.26. The van der Waals surface area contributed by atoms with Crippen LogP contribution in [0.4, 0.5) is 5.82 Å². The van der Waals surface area contributed by atoms with E-state index in [2.05, 4.69) is 32.3 Å². The van der Waals surface area contributed by atoms with Crippen LogP contribution >= 0.6 is 0 Å². The molecule has 1 atom stereocenters. The number of nitrogens with one attached hydrogen (secondary N) is 1. The van der Waals surface area contributed by atoms with Crippen molar-refractivity contribution >= 4 is 5.82 Å². The molecule has 0 bridgehead atoms. The maximum atomic E-state index is 5.72. The molecule has 7 nitrogen and oxygen atoms in total. The van der Waals surface area contributed by atoms with Gasteiger partial charge in [-0.15, -0.1) is 0 Å². The van der Waals surface area contributed by atoms with Crippen molar-refractivity contribution in [2.45, 2.75) is 31.5 Å². The summed E-state index contributed by atoms with van der Waals surface area (Å²) in [4.78, 5) is 15.8. The second kappa shape index (κ2) is 8.53. The lowest BCUT2D eigenvalue weighted by molar-refractivity contribution is -0.0159. The van der Waals surface area contributed by atoms with Crippen molar-refractivity contribution in [1.29, 1.82) is 0 Å². The van der Waals surface area contributed by atoms with Gasteiger partial charge < -0.3 is 14.8 Å². The summed E-state index contributed by atoms with van der Waals surface area (Å²) in [7, 11) is 0. The zero-order valence-corrected chi connectivity index (χ0v) is 14.9. The van der Waals surface area contributed by atoms with E-state index in [9.17, 15) is 0 Å². The molecule has 2 aliphatic heterocycles. The third-order valence-electron chi connectivity index (χ3n) is 4.92. The first kappa shape index (κ1) is 17.3. The lowest BCUT2D eigenvalue weighted by atomic mass is 10.1. The molecule has 7 heteroatoms. The van der Waals surface area contributed by atoms with Gasteiger partial charge in [-0.1, -0.05) is 0 Å². The number of hydrogen-bond acceptors (Lipinski definition) is 7. The molecule has 4 heterocycles. The first-order valence-corrected chi connectivity index (χ1v) is 9.26. The van der Waals surface area contributed by atoms with Crippen LogP contribution < -0.4 is 5.32 Å². The number of nitrogens with zero attached hydrogens (tertiary/aromatic N) is 4. The molecule has 2 aromatic rings. The quantitative estimate of drug-likeness (QED) is 0.880. The molecule has 26 heavy (non-hydrogen) atoms. The number of ether oxygens (including phenoxy) is 2. The highest BCUT2D eigenvalue weighted by Gasteiger charge is 2.27. The van der Waals surface area contributed by atoms with Crippen molar-refractivity contribution in [2.24, 2.45) is 0 Å². The topological polar surface area (TPSA) is 72.4 Å². The second-order valence-electron chi connectivity index (χ2n) is 6.75. The zero-order valence-electron chi connectivity index (χ0n) is 14.9. The van der Waals surface area contributed by atoms with Crippen LogP contribution in [0.3, 0.4) is 0 Å². The van der Waals surface area contributed by atoms with Crippen molar-refractivity contribution in [3.63, 3.8) is 0 Å². The Labute approximate surface area is 153 Å². The maximum Gasteiger partial charge on any atom is 0.150 e. The fourth-order valence-corrected chi connectivity index (χ4v) is 3.45. The van der Waals surface area contributed by atoms with Gasteiger partial charge >= 0.3 is 0 Å². The summed E-state index contributed by atoms with van der Waals surface area (Å²) in [5.41, 5.74) is 1.24. The number of morpholine rings is 1. The lowest BCUT2D eigenvalue weighted by Crippen LogP contribution is -2.40. The molecule has 2 saturated heterocycles. The number of rotatable bonds is 5. The molecule has 0 aromatic carbocycles. The molecular formula is C19H25N5O2. The van der Waals surface area contributed by atoms with Gasteiger partial charge in [0.15, 0.2) is 0 Å². The van der Waals surface area contributed by atoms with E-state index in [4.69, 9.17) is 14.5 Å². The molecule has 2 aliphatic rings. The molecule has 0 aliphatic carbocycles. The van der Waals surface area contributed by atoms with Crippen LogP contribution in [-0.2, 0) is 16.0 Å². The molecule has 2 aromatic heterocycles. The summed E-state index contributed by atoms with van der Waals surface area (Å²) < 4.78 is 11.1. The Hall–Kier alpha value is -2.09. The molecule has 0 spiro atoms. The van der Waals surface area contributed by atoms with E-state index in [-0.39, 0.29) is 6.04 Å². The maximum absolute atomic E-state index is 5.72. The van der Waals surface area contributed by atoms with Crippen LogP contribution in [0.1, 0.15) is 30.3 Å². The van der Waals surface area contributed by atoms with Gasteiger partial charge in [0.2, 0.25) is 0 Å². The minimum atomic E-state index is 0.0633. The highest BCUT2D eigenvalue weighted by molar-refractivity contribution is 5.35. The smallest absolute Gasteiger partial charge is 0.150 e. The summed E-state index contributed by atoms with van der Waals surface area (Å²) in [6.45, 7) is 4.69. The largest absolute Gasteiger partial charge is 0.381 e. The summed E-state index contributed by atoms with van der Waals surface area (Å²) in [5, 5.41) is 3.53. The van der Waals surface area contributed by atoms with E-state index >= 15 is 0 Å². The van der Waals surface area contributed by atoms with Crippen molar-refractivity contribution in [3.05, 3.63) is 48.2 Å². The Balaban J connectivity index is 1.47. The summed E-state index contributed by atoms with van der Waals surface area (Å²) >= 11 is 0. The zero-order chi connectivity index (χ0) is 17.6. The van der Waals surface area contributed by atoms with Gasteiger partial charge in [0, 0.05) is 50.9 Å². The van der Waals surface area contributed by atoms with Crippen LogP contribution in [0, 0.1) is 0 Å². The average Bonchev–Trinajstić information content (AvgIpc) is 2.70. The standard InChI is InChI=1S/C19H25N5O2/c1-6-20-7-2-15(1)13-24-9-12-26-14-17(24)19-21-8-3-18(23-19)22-16-4-10-25-11-5-16/h1-3,6-8,16-17H,4-5,9-14H2,(H,21,22,23). The van der Waals surface area contributed by atoms with Crippen LogP contribution in [-0.4, -0.2) is 58.9 Å². The molecule has 138 valence electrons. The predicted octanol–water partition coefficient (Wildman–Crippen LogP) is 2.04. The van der Waals surface area contributed by atoms with Gasteiger partial charge in [-0.3, -0.25) is 9.88 Å². The Kier molecular flexibility index (Phi) is 5.68. The second-order valence-corrected chi connectivity index (χ2v) is 6.75. The molecule has 0 saturated carbocycles. The molecule has 4 rings (SSSR count). The SMILES string of the molecule is c1cc(CN2CCOCC2c2nccc(NC3CCOCC3)n2)ccn1. The van der Waals surface area contributed by atoms with E-state index in [0.29, 0.717) is 12.6 Å². The fourth-order valence-electron chi connectivity index (χ4n) is 3.45.